The summed E-state index contributed by atoms with van der Waals surface area (Å²) in [5.74, 6) is -0.811. The minimum absolute atomic E-state index is 0.0482. The topological polar surface area (TPSA) is 66.4 Å². The smallest absolute Gasteiger partial charge is 0.309 e. The number of hydrogen-bond acceptors (Lipinski definition) is 2. The summed E-state index contributed by atoms with van der Waals surface area (Å²) >= 11 is 3.33. The van der Waals surface area contributed by atoms with Crippen molar-refractivity contribution in [3.63, 3.8) is 0 Å². The maximum absolute atomic E-state index is 12.1. The van der Waals surface area contributed by atoms with E-state index in [4.69, 9.17) is 5.11 Å². The van der Waals surface area contributed by atoms with E-state index >= 15 is 0 Å². The molecule has 3 aliphatic carbocycles. The third kappa shape index (κ3) is 1.50. The molecule has 2 bridgehead atoms. The summed E-state index contributed by atoms with van der Waals surface area (Å²) in [6, 6.07) is 7.35. The highest BCUT2D eigenvalue weighted by Crippen LogP contribution is 2.73. The normalized spacial score (nSPS) is 32.1. The van der Waals surface area contributed by atoms with Gasteiger partial charge in [-0.05, 0) is 43.5 Å². The number of halogens is 1. The van der Waals surface area contributed by atoms with Gasteiger partial charge in [0.1, 0.15) is 0 Å². The van der Waals surface area contributed by atoms with E-state index in [1.165, 1.54) is 0 Å². The zero-order valence-corrected chi connectivity index (χ0v) is 11.2. The second-order valence-electron chi connectivity index (χ2n) is 5.36. The van der Waals surface area contributed by atoms with Gasteiger partial charge in [0.15, 0.2) is 0 Å². The highest BCUT2D eigenvalue weighted by molar-refractivity contribution is 9.10. The summed E-state index contributed by atoms with van der Waals surface area (Å²) < 4.78 is 0.954. The summed E-state index contributed by atoms with van der Waals surface area (Å²) in [5.41, 5.74) is -0.278. The maximum atomic E-state index is 12.1. The molecule has 1 aromatic carbocycles. The van der Waals surface area contributed by atoms with E-state index in [-0.39, 0.29) is 5.91 Å². The van der Waals surface area contributed by atoms with Crippen LogP contribution in [0.5, 0.6) is 0 Å². The number of carbonyl (C=O) groups is 2. The van der Waals surface area contributed by atoms with E-state index < -0.39 is 16.8 Å². The van der Waals surface area contributed by atoms with Crippen LogP contribution in [-0.2, 0) is 9.59 Å². The van der Waals surface area contributed by atoms with E-state index in [0.29, 0.717) is 19.3 Å². The predicted molar refractivity (Wildman–Crippen MR) is 69.1 cm³/mol. The molecule has 0 unspecified atom stereocenters. The minimum Gasteiger partial charge on any atom is -0.481 e. The molecule has 0 spiro atoms. The van der Waals surface area contributed by atoms with E-state index in [2.05, 4.69) is 21.2 Å². The second kappa shape index (κ2) is 3.57. The summed E-state index contributed by atoms with van der Waals surface area (Å²) in [4.78, 5) is 23.1. The molecule has 0 aliphatic heterocycles. The van der Waals surface area contributed by atoms with Gasteiger partial charge < -0.3 is 10.4 Å². The zero-order chi connectivity index (χ0) is 13.0. The lowest BCUT2D eigenvalue weighted by atomic mass is 9.35. The van der Waals surface area contributed by atoms with Crippen LogP contribution >= 0.6 is 15.9 Å². The molecule has 3 fully saturated rings. The maximum Gasteiger partial charge on any atom is 0.309 e. The minimum atomic E-state index is -0.763. The number of anilines is 1. The van der Waals surface area contributed by atoms with Crippen molar-refractivity contribution in [1.29, 1.82) is 0 Å². The molecule has 2 N–H and O–H groups in total. The van der Waals surface area contributed by atoms with Crippen molar-refractivity contribution >= 4 is 33.5 Å². The van der Waals surface area contributed by atoms with Crippen molar-refractivity contribution in [3.8, 4) is 0 Å². The van der Waals surface area contributed by atoms with Crippen molar-refractivity contribution in [2.24, 2.45) is 10.8 Å². The van der Waals surface area contributed by atoms with Gasteiger partial charge >= 0.3 is 5.97 Å². The van der Waals surface area contributed by atoms with E-state index in [1.807, 2.05) is 24.3 Å². The van der Waals surface area contributed by atoms with Crippen LogP contribution in [0.1, 0.15) is 19.3 Å². The third-order valence-corrected chi connectivity index (χ3v) is 4.60. The lowest BCUT2D eigenvalue weighted by Crippen LogP contribution is -2.69. The Balaban J connectivity index is 1.65. The molecule has 94 valence electrons. The standard InChI is InChI=1S/C13H12BrNO3/c14-8-1-3-9(4-2-8)15-10(16)12-5-13(6-12,7-12)11(17)18/h1-4H,5-7H2,(H,15,16)(H,17,18). The van der Waals surface area contributed by atoms with Crippen LogP contribution in [0, 0.1) is 10.8 Å². The fourth-order valence-corrected chi connectivity index (χ4v) is 3.32. The fraction of sp³-hybridized carbons (Fsp3) is 0.385. The number of rotatable bonds is 3. The lowest BCUT2D eigenvalue weighted by molar-refractivity contribution is -0.217. The van der Waals surface area contributed by atoms with Crippen LogP contribution < -0.4 is 5.32 Å². The first-order valence-electron chi connectivity index (χ1n) is 5.76. The molecular formula is C13H12BrNO3. The average Bonchev–Trinajstić information content (AvgIpc) is 2.16. The number of carbonyl (C=O) groups excluding carboxylic acids is 1. The summed E-state index contributed by atoms with van der Waals surface area (Å²) in [7, 11) is 0. The molecule has 3 aliphatic rings. The number of nitrogens with one attached hydrogen (secondary N) is 1. The molecule has 1 aromatic rings. The number of carboxylic acid groups (broad SMARTS) is 1. The van der Waals surface area contributed by atoms with Crippen molar-refractivity contribution in [1.82, 2.24) is 0 Å². The number of benzene rings is 1. The Morgan fingerprint density at radius 2 is 1.67 bits per heavy atom. The Kier molecular flexibility index (Phi) is 2.32. The van der Waals surface area contributed by atoms with Crippen LogP contribution in [0.3, 0.4) is 0 Å². The van der Waals surface area contributed by atoms with Gasteiger partial charge in [-0.3, -0.25) is 9.59 Å². The van der Waals surface area contributed by atoms with Gasteiger partial charge in [-0.2, -0.15) is 0 Å². The van der Waals surface area contributed by atoms with E-state index in [1.54, 1.807) is 0 Å². The molecule has 0 atom stereocenters. The van der Waals surface area contributed by atoms with E-state index in [9.17, 15) is 9.59 Å². The van der Waals surface area contributed by atoms with Gasteiger partial charge in [-0.25, -0.2) is 0 Å². The monoisotopic (exact) mass is 309 g/mol. The van der Waals surface area contributed by atoms with Crippen molar-refractivity contribution in [3.05, 3.63) is 28.7 Å². The first kappa shape index (κ1) is 11.7. The lowest BCUT2D eigenvalue weighted by Gasteiger charge is -2.66. The number of hydrogen-bond donors (Lipinski definition) is 2. The van der Waals surface area contributed by atoms with Gasteiger partial charge in [0.25, 0.3) is 0 Å². The third-order valence-electron chi connectivity index (χ3n) is 4.07. The first-order chi connectivity index (χ1) is 8.46. The Labute approximate surface area is 113 Å². The van der Waals surface area contributed by atoms with Crippen LogP contribution in [-0.4, -0.2) is 17.0 Å². The molecule has 0 aromatic heterocycles. The quantitative estimate of drug-likeness (QED) is 0.902. The molecular weight excluding hydrogens is 298 g/mol. The van der Waals surface area contributed by atoms with Crippen molar-refractivity contribution in [2.75, 3.05) is 5.32 Å². The molecule has 5 heteroatoms. The summed E-state index contributed by atoms with van der Waals surface area (Å²) in [5, 5.41) is 11.9. The summed E-state index contributed by atoms with van der Waals surface area (Å²) in [6.45, 7) is 0. The van der Waals surface area contributed by atoms with Gasteiger partial charge in [-0.15, -0.1) is 0 Å². The predicted octanol–water partition coefficient (Wildman–Crippen LogP) is 2.64. The van der Waals surface area contributed by atoms with Crippen LogP contribution in [0.25, 0.3) is 0 Å². The Morgan fingerprint density at radius 3 is 2.17 bits per heavy atom. The molecule has 0 heterocycles. The van der Waals surface area contributed by atoms with Crippen LogP contribution in [0.4, 0.5) is 5.69 Å². The van der Waals surface area contributed by atoms with Gasteiger partial charge in [-0.1, -0.05) is 15.9 Å². The Morgan fingerprint density at radius 1 is 1.11 bits per heavy atom. The molecule has 4 rings (SSSR count). The van der Waals surface area contributed by atoms with Crippen LogP contribution in [0.2, 0.25) is 0 Å². The molecule has 0 saturated heterocycles. The van der Waals surface area contributed by atoms with Gasteiger partial charge in [0, 0.05) is 10.2 Å². The molecule has 18 heavy (non-hydrogen) atoms. The van der Waals surface area contributed by atoms with Crippen molar-refractivity contribution in [2.45, 2.75) is 19.3 Å². The average molecular weight is 310 g/mol. The summed E-state index contributed by atoms with van der Waals surface area (Å²) in [6.07, 6.45) is 1.45. The number of carboxylic acids is 1. The highest BCUT2D eigenvalue weighted by atomic mass is 79.9. The molecule has 0 radical (unpaired) electrons. The van der Waals surface area contributed by atoms with E-state index in [0.717, 1.165) is 10.2 Å². The first-order valence-corrected chi connectivity index (χ1v) is 6.56. The van der Waals surface area contributed by atoms with Gasteiger partial charge in [0.05, 0.1) is 10.8 Å². The fourth-order valence-electron chi connectivity index (χ4n) is 3.05. The van der Waals surface area contributed by atoms with Crippen LogP contribution in [0.15, 0.2) is 28.7 Å². The van der Waals surface area contributed by atoms with Crippen molar-refractivity contribution < 1.29 is 14.7 Å². The Hall–Kier alpha value is -1.36. The zero-order valence-electron chi connectivity index (χ0n) is 9.57. The Bertz CT molecular complexity index is 518. The SMILES string of the molecule is O=C(O)C12CC(C(=O)Nc3ccc(Br)cc3)(C1)C2. The number of aliphatic carboxylic acids is 1. The van der Waals surface area contributed by atoms with Gasteiger partial charge in [0.2, 0.25) is 5.91 Å². The molecule has 1 amide bonds. The highest BCUT2D eigenvalue weighted by Gasteiger charge is 2.75. The number of amides is 1. The largest absolute Gasteiger partial charge is 0.481 e. The second-order valence-corrected chi connectivity index (χ2v) is 6.27. The molecule has 3 saturated carbocycles. The molecule has 4 nitrogen and oxygen atoms in total.